The molecule has 2 aliphatic heterocycles. The van der Waals surface area contributed by atoms with Crippen LogP contribution in [0.3, 0.4) is 0 Å². The molecule has 0 bridgehead atoms. The summed E-state index contributed by atoms with van der Waals surface area (Å²) in [6.07, 6.45) is 0.878. The van der Waals surface area contributed by atoms with Crippen LogP contribution in [-0.2, 0) is 4.74 Å². The fourth-order valence-electron chi connectivity index (χ4n) is 4.48. The molecule has 2 aromatic carbocycles. The average Bonchev–Trinajstić information content (AvgIpc) is 3.44. The molecular formula is C24H24N2O3S. The van der Waals surface area contributed by atoms with E-state index in [9.17, 15) is 9.59 Å². The minimum Gasteiger partial charge on any atom is -0.378 e. The molecule has 3 aromatic rings. The van der Waals surface area contributed by atoms with Crippen LogP contribution in [0, 0.1) is 0 Å². The van der Waals surface area contributed by atoms with E-state index in [1.165, 1.54) is 0 Å². The number of morpholine rings is 1. The van der Waals surface area contributed by atoms with E-state index in [2.05, 4.69) is 12.1 Å². The summed E-state index contributed by atoms with van der Waals surface area (Å²) >= 11 is 1.58. The van der Waals surface area contributed by atoms with Gasteiger partial charge in [-0.2, -0.15) is 0 Å². The number of rotatable bonds is 3. The normalized spacial score (nSPS) is 19.4. The van der Waals surface area contributed by atoms with Crippen molar-refractivity contribution in [1.82, 2.24) is 9.80 Å². The zero-order valence-corrected chi connectivity index (χ0v) is 17.6. The summed E-state index contributed by atoms with van der Waals surface area (Å²) in [6, 6.07) is 17.7. The number of hydrogen-bond donors (Lipinski definition) is 0. The van der Waals surface area contributed by atoms with Crippen LogP contribution in [0.4, 0.5) is 0 Å². The number of fused-ring (bicyclic) bond motifs is 1. The number of thiophene rings is 1. The molecule has 1 aromatic heterocycles. The second-order valence-corrected chi connectivity index (χ2v) is 8.90. The fraction of sp³-hybridized carbons (Fsp3) is 0.333. The third-order valence-electron chi connectivity index (χ3n) is 6.03. The van der Waals surface area contributed by atoms with Crippen LogP contribution >= 0.6 is 11.3 Å². The van der Waals surface area contributed by atoms with Crippen molar-refractivity contribution in [3.8, 4) is 0 Å². The van der Waals surface area contributed by atoms with Gasteiger partial charge in [-0.3, -0.25) is 9.59 Å². The van der Waals surface area contributed by atoms with Crippen LogP contribution in [0.15, 0.2) is 54.6 Å². The molecule has 154 valence electrons. The summed E-state index contributed by atoms with van der Waals surface area (Å²) < 4.78 is 6.56. The molecule has 0 N–H and O–H groups in total. The number of amides is 2. The van der Waals surface area contributed by atoms with Crippen molar-refractivity contribution in [3.63, 3.8) is 0 Å². The molecule has 1 atom stereocenters. The number of nitrogens with zero attached hydrogens (tertiary/aromatic N) is 2. The van der Waals surface area contributed by atoms with Crippen LogP contribution in [0.1, 0.15) is 37.9 Å². The van der Waals surface area contributed by atoms with E-state index < -0.39 is 0 Å². The zero-order valence-electron chi connectivity index (χ0n) is 16.8. The fourth-order valence-corrected chi connectivity index (χ4v) is 5.74. The molecule has 0 aliphatic carbocycles. The quantitative estimate of drug-likeness (QED) is 0.643. The van der Waals surface area contributed by atoms with Crippen LogP contribution < -0.4 is 0 Å². The van der Waals surface area contributed by atoms with Crippen LogP contribution in [-0.4, -0.2) is 61.0 Å². The molecule has 0 radical (unpaired) electrons. The van der Waals surface area contributed by atoms with Gasteiger partial charge in [0.25, 0.3) is 11.8 Å². The molecule has 5 rings (SSSR count). The van der Waals surface area contributed by atoms with Crippen molar-refractivity contribution >= 4 is 33.2 Å². The third kappa shape index (κ3) is 3.50. The molecular weight excluding hydrogens is 396 g/mol. The van der Waals surface area contributed by atoms with Crippen molar-refractivity contribution in [2.24, 2.45) is 0 Å². The van der Waals surface area contributed by atoms with Gasteiger partial charge >= 0.3 is 0 Å². The van der Waals surface area contributed by atoms with Gasteiger partial charge in [-0.25, -0.2) is 0 Å². The average molecular weight is 421 g/mol. The van der Waals surface area contributed by atoms with Gasteiger partial charge in [-0.05, 0) is 35.6 Å². The second kappa shape index (κ2) is 8.20. The van der Waals surface area contributed by atoms with Gasteiger partial charge in [0.1, 0.15) is 0 Å². The molecule has 2 amide bonds. The maximum atomic E-state index is 13.4. The van der Waals surface area contributed by atoms with Crippen LogP contribution in [0.5, 0.6) is 0 Å². The van der Waals surface area contributed by atoms with Crippen molar-refractivity contribution in [2.75, 3.05) is 39.4 Å². The molecule has 0 spiro atoms. The maximum absolute atomic E-state index is 13.4. The van der Waals surface area contributed by atoms with Gasteiger partial charge in [0, 0.05) is 42.4 Å². The monoisotopic (exact) mass is 420 g/mol. The summed E-state index contributed by atoms with van der Waals surface area (Å²) in [7, 11) is 0. The Morgan fingerprint density at radius 2 is 1.60 bits per heavy atom. The van der Waals surface area contributed by atoms with Gasteiger partial charge in [0.2, 0.25) is 0 Å². The molecule has 3 heterocycles. The topological polar surface area (TPSA) is 49.9 Å². The number of likely N-dealkylation sites (tertiary alicyclic amines) is 1. The van der Waals surface area contributed by atoms with Crippen molar-refractivity contribution in [1.29, 1.82) is 0 Å². The van der Waals surface area contributed by atoms with E-state index in [-0.39, 0.29) is 17.7 Å². The lowest BCUT2D eigenvalue weighted by molar-refractivity contribution is 0.0305. The lowest BCUT2D eigenvalue weighted by Crippen LogP contribution is -2.40. The van der Waals surface area contributed by atoms with Crippen LogP contribution in [0.25, 0.3) is 10.1 Å². The number of hydrogen-bond acceptors (Lipinski definition) is 4. The van der Waals surface area contributed by atoms with E-state index in [1.54, 1.807) is 11.3 Å². The number of ether oxygens (including phenoxy) is 1. The predicted octanol–water partition coefficient (Wildman–Crippen LogP) is 4.00. The Hall–Kier alpha value is -2.70. The summed E-state index contributed by atoms with van der Waals surface area (Å²) in [6.45, 7) is 3.82. The minimum atomic E-state index is 0.0682. The number of benzene rings is 2. The Labute approximate surface area is 179 Å². The van der Waals surface area contributed by atoms with E-state index in [0.29, 0.717) is 39.4 Å². The zero-order chi connectivity index (χ0) is 20.5. The highest BCUT2D eigenvalue weighted by molar-refractivity contribution is 7.21. The van der Waals surface area contributed by atoms with E-state index in [4.69, 9.17) is 4.74 Å². The molecule has 6 heteroatoms. The highest BCUT2D eigenvalue weighted by Crippen LogP contribution is 2.41. The van der Waals surface area contributed by atoms with Gasteiger partial charge in [-0.15, -0.1) is 11.3 Å². The van der Waals surface area contributed by atoms with Gasteiger partial charge in [0.05, 0.1) is 18.1 Å². The highest BCUT2D eigenvalue weighted by Gasteiger charge is 2.34. The standard InChI is InChI=1S/C24H24N2O3S/c27-23(17-6-2-1-3-7-17)26-11-10-18(16-26)21-19-8-4-5-9-20(19)30-22(21)24(28)25-12-14-29-15-13-25/h1-9,18H,10-16H2. The van der Waals surface area contributed by atoms with Gasteiger partial charge < -0.3 is 14.5 Å². The van der Waals surface area contributed by atoms with E-state index in [0.717, 1.165) is 32.5 Å². The third-order valence-corrected chi connectivity index (χ3v) is 7.21. The largest absolute Gasteiger partial charge is 0.378 e. The Morgan fingerprint density at radius 1 is 0.867 bits per heavy atom. The predicted molar refractivity (Wildman–Crippen MR) is 118 cm³/mol. The first-order valence-electron chi connectivity index (χ1n) is 10.4. The molecule has 2 saturated heterocycles. The Bertz CT molecular complexity index is 1070. The molecule has 2 fully saturated rings. The number of carbonyl (C=O) groups excluding carboxylic acids is 2. The summed E-state index contributed by atoms with van der Waals surface area (Å²) in [5, 5.41) is 1.15. The lowest BCUT2D eigenvalue weighted by Gasteiger charge is -2.27. The first-order valence-corrected chi connectivity index (χ1v) is 11.3. The first kappa shape index (κ1) is 19.3. The smallest absolute Gasteiger partial charge is 0.264 e. The van der Waals surface area contributed by atoms with Crippen molar-refractivity contribution < 1.29 is 14.3 Å². The molecule has 2 aliphatic rings. The second-order valence-electron chi connectivity index (χ2n) is 7.85. The van der Waals surface area contributed by atoms with Gasteiger partial charge in [-0.1, -0.05) is 36.4 Å². The van der Waals surface area contributed by atoms with Crippen molar-refractivity contribution in [3.05, 3.63) is 70.6 Å². The van der Waals surface area contributed by atoms with E-state index >= 15 is 0 Å². The lowest BCUT2D eigenvalue weighted by atomic mass is 9.94. The SMILES string of the molecule is O=C(c1ccccc1)N1CCC(c2c(C(=O)N3CCOCC3)sc3ccccc23)C1. The molecule has 1 unspecified atom stereocenters. The van der Waals surface area contributed by atoms with E-state index in [1.807, 2.05) is 52.3 Å². The Balaban J connectivity index is 1.46. The Morgan fingerprint density at radius 3 is 2.40 bits per heavy atom. The summed E-state index contributed by atoms with van der Waals surface area (Å²) in [5.74, 6) is 0.342. The molecule has 30 heavy (non-hydrogen) atoms. The minimum absolute atomic E-state index is 0.0682. The molecule has 5 nitrogen and oxygen atoms in total. The number of carbonyl (C=O) groups is 2. The first-order chi connectivity index (χ1) is 14.7. The van der Waals surface area contributed by atoms with Crippen LogP contribution in [0.2, 0.25) is 0 Å². The molecule has 0 saturated carbocycles. The van der Waals surface area contributed by atoms with Gasteiger partial charge in [0.15, 0.2) is 0 Å². The van der Waals surface area contributed by atoms with Crippen molar-refractivity contribution in [2.45, 2.75) is 12.3 Å². The summed E-state index contributed by atoms with van der Waals surface area (Å²) in [5.41, 5.74) is 1.84. The highest BCUT2D eigenvalue weighted by atomic mass is 32.1. The summed E-state index contributed by atoms with van der Waals surface area (Å²) in [4.78, 5) is 31.0. The maximum Gasteiger partial charge on any atom is 0.264 e. The Kier molecular flexibility index (Phi) is 5.27.